The van der Waals surface area contributed by atoms with Crippen LogP contribution in [0.15, 0.2) is 0 Å². The minimum atomic E-state index is -3.44. The van der Waals surface area contributed by atoms with Crippen LogP contribution in [0, 0.1) is 11.8 Å². The molecule has 0 spiro atoms. The molecule has 70 valence electrons. The molecule has 0 aromatic heterocycles. The molecule has 1 aliphatic carbocycles. The van der Waals surface area contributed by atoms with Crippen molar-refractivity contribution >= 4 is 19.9 Å². The lowest BCUT2D eigenvalue weighted by Gasteiger charge is -2.10. The summed E-state index contributed by atoms with van der Waals surface area (Å²) >= 11 is 0. The van der Waals surface area contributed by atoms with E-state index in [0.717, 1.165) is 0 Å². The number of nitrogens with zero attached hydrogens (tertiary/aromatic N) is 1. The molecule has 0 aromatic rings. The third-order valence-corrected chi connectivity index (χ3v) is 4.50. The summed E-state index contributed by atoms with van der Waals surface area (Å²) in [5, 5.41) is 0. The smallest absolute Gasteiger partial charge is 0.195 e. The van der Waals surface area contributed by atoms with Gasteiger partial charge in [0.1, 0.15) is 0 Å². The maximum Gasteiger partial charge on any atom is 0.299 e. The number of rotatable bonds is 1. The summed E-state index contributed by atoms with van der Waals surface area (Å²) in [4.78, 5) is 0. The van der Waals surface area contributed by atoms with Crippen LogP contribution >= 0.6 is 10.7 Å². The van der Waals surface area contributed by atoms with Gasteiger partial charge in [-0.1, -0.05) is 6.42 Å². The van der Waals surface area contributed by atoms with Crippen molar-refractivity contribution in [3.8, 4) is 0 Å². The van der Waals surface area contributed by atoms with E-state index in [0.29, 0.717) is 24.9 Å². The molecule has 0 N–H and O–H groups in total. The van der Waals surface area contributed by atoms with Crippen LogP contribution < -0.4 is 0 Å². The zero-order chi connectivity index (χ0) is 8.77. The van der Waals surface area contributed by atoms with E-state index in [1.54, 1.807) is 0 Å². The number of hydrogen-bond acceptors (Lipinski definition) is 2. The Hall–Kier alpha value is 0.200. The van der Waals surface area contributed by atoms with E-state index < -0.39 is 9.24 Å². The molecule has 1 saturated heterocycles. The summed E-state index contributed by atoms with van der Waals surface area (Å²) in [6, 6.07) is 0. The minimum absolute atomic E-state index is 0.582. The summed E-state index contributed by atoms with van der Waals surface area (Å²) < 4.78 is 23.3. The lowest BCUT2D eigenvalue weighted by atomic mass is 10.0. The molecule has 2 unspecified atom stereocenters. The van der Waals surface area contributed by atoms with E-state index in [9.17, 15) is 8.42 Å². The van der Waals surface area contributed by atoms with Crippen LogP contribution in [-0.4, -0.2) is 25.8 Å². The van der Waals surface area contributed by atoms with Crippen LogP contribution in [0.4, 0.5) is 0 Å². The first-order chi connectivity index (χ1) is 5.57. The van der Waals surface area contributed by atoms with Gasteiger partial charge in [-0.05, 0) is 24.7 Å². The van der Waals surface area contributed by atoms with Crippen LogP contribution in [0.5, 0.6) is 0 Å². The Kier molecular flexibility index (Phi) is 2.09. The molecule has 0 bridgehead atoms. The molecule has 0 amide bonds. The second-order valence-corrected chi connectivity index (χ2v) is 6.22. The molecule has 5 heteroatoms. The topological polar surface area (TPSA) is 37.4 Å². The fourth-order valence-electron chi connectivity index (χ4n) is 2.37. The Morgan fingerprint density at radius 3 is 2.08 bits per heavy atom. The first-order valence-corrected chi connectivity index (χ1v) is 6.54. The normalized spacial score (nSPS) is 37.1. The van der Waals surface area contributed by atoms with Gasteiger partial charge in [0.2, 0.25) is 0 Å². The van der Waals surface area contributed by atoms with Crippen molar-refractivity contribution in [2.75, 3.05) is 13.1 Å². The predicted molar refractivity (Wildman–Crippen MR) is 47.2 cm³/mol. The van der Waals surface area contributed by atoms with E-state index in [4.69, 9.17) is 10.7 Å². The van der Waals surface area contributed by atoms with Gasteiger partial charge >= 0.3 is 0 Å². The maximum absolute atomic E-state index is 11.0. The number of hydrogen-bond donors (Lipinski definition) is 0. The van der Waals surface area contributed by atoms with Gasteiger partial charge in [-0.2, -0.15) is 12.7 Å². The predicted octanol–water partition coefficient (Wildman–Crippen LogP) is 1.20. The van der Waals surface area contributed by atoms with Crippen molar-refractivity contribution in [1.82, 2.24) is 4.31 Å². The van der Waals surface area contributed by atoms with Crippen molar-refractivity contribution < 1.29 is 8.42 Å². The van der Waals surface area contributed by atoms with E-state index in [1.807, 2.05) is 0 Å². The van der Waals surface area contributed by atoms with E-state index in [1.165, 1.54) is 23.6 Å². The highest BCUT2D eigenvalue weighted by molar-refractivity contribution is 8.11. The second-order valence-electron chi connectivity index (χ2n) is 3.71. The SMILES string of the molecule is O=S(=O)(Cl)N1CC2CCCC2C1. The summed E-state index contributed by atoms with van der Waals surface area (Å²) in [5.74, 6) is 1.16. The standard InChI is InChI=1S/C7H12ClNO2S/c8-12(10,11)9-4-6-2-1-3-7(6)5-9/h6-7H,1-5H2. The molecular formula is C7H12ClNO2S. The summed E-state index contributed by atoms with van der Waals surface area (Å²) in [5.41, 5.74) is 0. The van der Waals surface area contributed by atoms with Crippen molar-refractivity contribution in [3.05, 3.63) is 0 Å². The fraction of sp³-hybridized carbons (Fsp3) is 1.00. The summed E-state index contributed by atoms with van der Waals surface area (Å²) in [7, 11) is 1.81. The minimum Gasteiger partial charge on any atom is -0.195 e. The Morgan fingerprint density at radius 2 is 1.67 bits per heavy atom. The molecule has 3 nitrogen and oxygen atoms in total. The Labute approximate surface area is 77.2 Å². The Balaban J connectivity index is 2.09. The van der Waals surface area contributed by atoms with E-state index >= 15 is 0 Å². The van der Waals surface area contributed by atoms with Crippen molar-refractivity contribution in [2.24, 2.45) is 11.8 Å². The third-order valence-electron chi connectivity index (χ3n) is 3.00. The Morgan fingerprint density at radius 1 is 1.17 bits per heavy atom. The Bertz CT molecular complexity index is 265. The lowest BCUT2D eigenvalue weighted by Crippen LogP contribution is -2.25. The number of halogens is 1. The average Bonchev–Trinajstić information content (AvgIpc) is 2.37. The van der Waals surface area contributed by atoms with Gasteiger partial charge in [-0.15, -0.1) is 0 Å². The van der Waals surface area contributed by atoms with Gasteiger partial charge in [-0.25, -0.2) is 0 Å². The largest absolute Gasteiger partial charge is 0.299 e. The van der Waals surface area contributed by atoms with Gasteiger partial charge in [0.25, 0.3) is 9.24 Å². The first kappa shape index (κ1) is 8.78. The van der Waals surface area contributed by atoms with Crippen LogP contribution in [-0.2, 0) is 9.24 Å². The molecule has 1 heterocycles. The molecular weight excluding hydrogens is 198 g/mol. The van der Waals surface area contributed by atoms with Crippen molar-refractivity contribution in [2.45, 2.75) is 19.3 Å². The molecule has 2 aliphatic rings. The second kappa shape index (κ2) is 2.86. The highest BCUT2D eigenvalue weighted by Gasteiger charge is 2.40. The van der Waals surface area contributed by atoms with Crippen LogP contribution in [0.1, 0.15) is 19.3 Å². The highest BCUT2D eigenvalue weighted by atomic mass is 35.7. The maximum atomic E-state index is 11.0. The van der Waals surface area contributed by atoms with Gasteiger partial charge in [-0.3, -0.25) is 0 Å². The zero-order valence-corrected chi connectivity index (χ0v) is 8.31. The molecule has 1 aliphatic heterocycles. The monoisotopic (exact) mass is 209 g/mol. The lowest BCUT2D eigenvalue weighted by molar-refractivity contribution is 0.457. The fourth-order valence-corrected chi connectivity index (χ4v) is 3.45. The highest BCUT2D eigenvalue weighted by Crippen LogP contribution is 2.39. The molecule has 12 heavy (non-hydrogen) atoms. The zero-order valence-electron chi connectivity index (χ0n) is 6.74. The molecule has 2 fully saturated rings. The molecule has 0 aromatic carbocycles. The summed E-state index contributed by atoms with van der Waals surface area (Å²) in [6.45, 7) is 1.30. The van der Waals surface area contributed by atoms with Crippen LogP contribution in [0.3, 0.4) is 0 Å². The first-order valence-electron chi connectivity index (χ1n) is 4.27. The van der Waals surface area contributed by atoms with Crippen molar-refractivity contribution in [3.63, 3.8) is 0 Å². The van der Waals surface area contributed by atoms with Gasteiger partial charge < -0.3 is 0 Å². The molecule has 2 rings (SSSR count). The molecule has 2 atom stereocenters. The van der Waals surface area contributed by atoms with E-state index in [2.05, 4.69) is 0 Å². The van der Waals surface area contributed by atoms with Gasteiger partial charge in [0.05, 0.1) is 0 Å². The molecule has 1 saturated carbocycles. The summed E-state index contributed by atoms with van der Waals surface area (Å²) in [6.07, 6.45) is 3.60. The molecule has 0 radical (unpaired) electrons. The van der Waals surface area contributed by atoms with E-state index in [-0.39, 0.29) is 0 Å². The van der Waals surface area contributed by atoms with Crippen molar-refractivity contribution in [1.29, 1.82) is 0 Å². The van der Waals surface area contributed by atoms with Gasteiger partial charge in [0.15, 0.2) is 0 Å². The van der Waals surface area contributed by atoms with Gasteiger partial charge in [0, 0.05) is 23.8 Å². The van der Waals surface area contributed by atoms with Crippen LogP contribution in [0.2, 0.25) is 0 Å². The third kappa shape index (κ3) is 1.47. The number of fused-ring (bicyclic) bond motifs is 1. The average molecular weight is 210 g/mol. The van der Waals surface area contributed by atoms with Crippen LogP contribution in [0.25, 0.3) is 0 Å². The quantitative estimate of drug-likeness (QED) is 0.609.